The average molecular weight is 395 g/mol. The monoisotopic (exact) mass is 394 g/mol. The zero-order valence-corrected chi connectivity index (χ0v) is 16.5. The van der Waals surface area contributed by atoms with E-state index in [1.165, 1.54) is 4.88 Å². The molecule has 2 amide bonds. The number of aromatic nitrogens is 2. The minimum Gasteiger partial charge on any atom is -0.359 e. The second-order valence-electron chi connectivity index (χ2n) is 7.16. The molecule has 0 radical (unpaired) electrons. The molecule has 1 aliphatic rings. The van der Waals surface area contributed by atoms with Gasteiger partial charge in [-0.25, -0.2) is 0 Å². The Balaban J connectivity index is 1.58. The van der Waals surface area contributed by atoms with Gasteiger partial charge in [0, 0.05) is 31.2 Å². The quantitative estimate of drug-likeness (QED) is 0.698. The summed E-state index contributed by atoms with van der Waals surface area (Å²) < 4.78 is 0. The maximum absolute atomic E-state index is 12.8. The van der Waals surface area contributed by atoms with Crippen molar-refractivity contribution in [1.29, 1.82) is 0 Å². The van der Waals surface area contributed by atoms with E-state index in [0.717, 1.165) is 11.1 Å². The summed E-state index contributed by atoms with van der Waals surface area (Å²) in [5.41, 5.74) is 2.08. The smallest absolute Gasteiger partial charge is 0.271 e. The molecule has 2 aromatic heterocycles. The van der Waals surface area contributed by atoms with Crippen molar-refractivity contribution in [1.82, 2.24) is 20.4 Å². The summed E-state index contributed by atoms with van der Waals surface area (Å²) in [6, 6.07) is 14.1. The number of thiophene rings is 1. The molecule has 28 heavy (non-hydrogen) atoms. The summed E-state index contributed by atoms with van der Waals surface area (Å²) in [7, 11) is 1.66. The third-order valence-corrected chi connectivity index (χ3v) is 6.28. The Morgan fingerprint density at radius 2 is 2.18 bits per heavy atom. The van der Waals surface area contributed by atoms with Gasteiger partial charge in [0.05, 0.1) is 5.41 Å². The maximum atomic E-state index is 12.8. The third kappa shape index (κ3) is 3.45. The molecule has 7 heteroatoms. The molecule has 4 rings (SSSR count). The molecular formula is C21H22N4O2S. The zero-order valence-electron chi connectivity index (χ0n) is 15.6. The fourth-order valence-corrected chi connectivity index (χ4v) is 4.66. The highest BCUT2D eigenvalue weighted by Gasteiger charge is 2.45. The SMILES string of the molecule is CNC(=O)C1(Cc2cccc(-c3cccs3)c2)CCN(C(=O)c2ccn[nH]2)C1. The number of nitrogens with zero attached hydrogens (tertiary/aromatic N) is 2. The molecule has 0 bridgehead atoms. The number of rotatable bonds is 5. The van der Waals surface area contributed by atoms with Gasteiger partial charge in [0.2, 0.25) is 5.91 Å². The highest BCUT2D eigenvalue weighted by Crippen LogP contribution is 2.36. The van der Waals surface area contributed by atoms with Crippen molar-refractivity contribution in [2.75, 3.05) is 20.1 Å². The zero-order chi connectivity index (χ0) is 19.6. The summed E-state index contributed by atoms with van der Waals surface area (Å²) in [6.45, 7) is 0.948. The first kappa shape index (κ1) is 18.4. The number of hydrogen-bond acceptors (Lipinski definition) is 4. The minimum atomic E-state index is -0.626. The van der Waals surface area contributed by atoms with E-state index in [1.807, 2.05) is 12.1 Å². The molecule has 1 aliphatic heterocycles. The molecule has 2 N–H and O–H groups in total. The van der Waals surface area contributed by atoms with Crippen LogP contribution in [0.15, 0.2) is 54.0 Å². The van der Waals surface area contributed by atoms with Gasteiger partial charge in [-0.1, -0.05) is 30.3 Å². The molecule has 1 aromatic carbocycles. The lowest BCUT2D eigenvalue weighted by atomic mass is 9.79. The standard InChI is InChI=1S/C21H22N4O2S/c1-22-20(27)21(8-10-25(14-21)19(26)17-7-9-23-24-17)13-15-4-2-5-16(12-15)18-6-3-11-28-18/h2-7,9,11-12H,8,10,13-14H2,1H3,(H,22,27)(H,23,24). The van der Waals surface area contributed by atoms with Crippen molar-refractivity contribution in [3.8, 4) is 10.4 Å². The second-order valence-corrected chi connectivity index (χ2v) is 8.11. The van der Waals surface area contributed by atoms with Crippen LogP contribution >= 0.6 is 11.3 Å². The van der Waals surface area contributed by atoms with E-state index in [4.69, 9.17) is 0 Å². The van der Waals surface area contributed by atoms with E-state index < -0.39 is 5.41 Å². The maximum Gasteiger partial charge on any atom is 0.271 e. The lowest BCUT2D eigenvalue weighted by Crippen LogP contribution is -2.44. The van der Waals surface area contributed by atoms with Gasteiger partial charge >= 0.3 is 0 Å². The number of carbonyl (C=O) groups is 2. The molecule has 3 aromatic rings. The highest BCUT2D eigenvalue weighted by molar-refractivity contribution is 7.13. The predicted molar refractivity (Wildman–Crippen MR) is 109 cm³/mol. The summed E-state index contributed by atoms with van der Waals surface area (Å²) in [6.07, 6.45) is 2.79. The molecule has 0 saturated carbocycles. The number of benzene rings is 1. The molecule has 1 atom stereocenters. The first-order valence-electron chi connectivity index (χ1n) is 9.25. The Morgan fingerprint density at radius 1 is 1.29 bits per heavy atom. The number of likely N-dealkylation sites (tertiary alicyclic amines) is 1. The van der Waals surface area contributed by atoms with Gasteiger partial charge in [-0.05, 0) is 41.5 Å². The predicted octanol–water partition coefficient (Wildman–Crippen LogP) is 2.96. The molecule has 144 valence electrons. The van der Waals surface area contributed by atoms with Crippen LogP contribution in [0.25, 0.3) is 10.4 Å². The average Bonchev–Trinajstić information content (AvgIpc) is 3.49. The Labute approximate surface area is 167 Å². The van der Waals surface area contributed by atoms with Crippen molar-refractivity contribution >= 4 is 23.2 Å². The molecule has 1 unspecified atom stereocenters. The number of amides is 2. The van der Waals surface area contributed by atoms with Crippen molar-refractivity contribution in [2.45, 2.75) is 12.8 Å². The molecule has 1 saturated heterocycles. The number of nitrogens with one attached hydrogen (secondary N) is 2. The van der Waals surface area contributed by atoms with Gasteiger partial charge in [0.1, 0.15) is 5.69 Å². The van der Waals surface area contributed by atoms with Crippen LogP contribution in [0, 0.1) is 5.41 Å². The van der Waals surface area contributed by atoms with Gasteiger partial charge in [-0.3, -0.25) is 14.7 Å². The Hall–Kier alpha value is -2.93. The van der Waals surface area contributed by atoms with E-state index in [2.05, 4.69) is 45.2 Å². The summed E-state index contributed by atoms with van der Waals surface area (Å²) in [5, 5.41) is 11.4. The fraction of sp³-hybridized carbons (Fsp3) is 0.286. The van der Waals surface area contributed by atoms with Gasteiger partial charge in [0.15, 0.2) is 0 Å². The third-order valence-electron chi connectivity index (χ3n) is 5.36. The number of aromatic amines is 1. The fourth-order valence-electron chi connectivity index (χ4n) is 3.93. The van der Waals surface area contributed by atoms with Gasteiger partial charge in [-0.15, -0.1) is 11.3 Å². The van der Waals surface area contributed by atoms with Crippen molar-refractivity contribution in [3.63, 3.8) is 0 Å². The minimum absolute atomic E-state index is 0.0195. The first-order valence-corrected chi connectivity index (χ1v) is 10.1. The van der Waals surface area contributed by atoms with Crippen LogP contribution in [0.1, 0.15) is 22.5 Å². The van der Waals surface area contributed by atoms with E-state index in [1.54, 1.807) is 35.5 Å². The Morgan fingerprint density at radius 3 is 2.89 bits per heavy atom. The summed E-state index contributed by atoms with van der Waals surface area (Å²) in [5.74, 6) is -0.135. The van der Waals surface area contributed by atoms with Crippen molar-refractivity contribution in [2.24, 2.45) is 5.41 Å². The van der Waals surface area contributed by atoms with Gasteiger partial charge < -0.3 is 10.2 Å². The summed E-state index contributed by atoms with van der Waals surface area (Å²) >= 11 is 1.70. The molecule has 0 aliphatic carbocycles. The summed E-state index contributed by atoms with van der Waals surface area (Å²) in [4.78, 5) is 28.5. The van der Waals surface area contributed by atoms with Crippen LogP contribution < -0.4 is 5.32 Å². The van der Waals surface area contributed by atoms with Gasteiger partial charge in [-0.2, -0.15) is 5.10 Å². The topological polar surface area (TPSA) is 78.1 Å². The van der Waals surface area contributed by atoms with Crippen LogP contribution in [0.4, 0.5) is 0 Å². The van der Waals surface area contributed by atoms with Crippen LogP contribution in [0.2, 0.25) is 0 Å². The van der Waals surface area contributed by atoms with Crippen molar-refractivity contribution < 1.29 is 9.59 Å². The number of carbonyl (C=O) groups excluding carboxylic acids is 2. The molecule has 3 heterocycles. The lowest BCUT2D eigenvalue weighted by molar-refractivity contribution is -0.129. The normalized spacial score (nSPS) is 19.0. The lowest BCUT2D eigenvalue weighted by Gasteiger charge is -2.27. The molecule has 0 spiro atoms. The van der Waals surface area contributed by atoms with E-state index in [0.29, 0.717) is 31.6 Å². The van der Waals surface area contributed by atoms with Crippen LogP contribution in [0.5, 0.6) is 0 Å². The first-order chi connectivity index (χ1) is 13.6. The number of hydrogen-bond donors (Lipinski definition) is 2. The Bertz CT molecular complexity index is 968. The van der Waals surface area contributed by atoms with Crippen LogP contribution in [-0.2, 0) is 11.2 Å². The van der Waals surface area contributed by atoms with Crippen molar-refractivity contribution in [3.05, 3.63) is 65.3 Å². The van der Waals surface area contributed by atoms with Crippen LogP contribution in [0.3, 0.4) is 0 Å². The second kappa shape index (κ2) is 7.59. The van der Waals surface area contributed by atoms with E-state index >= 15 is 0 Å². The van der Waals surface area contributed by atoms with E-state index in [9.17, 15) is 9.59 Å². The molecule has 6 nitrogen and oxygen atoms in total. The largest absolute Gasteiger partial charge is 0.359 e. The number of H-pyrrole nitrogens is 1. The molecule has 1 fully saturated rings. The highest BCUT2D eigenvalue weighted by atomic mass is 32.1. The Kier molecular flexibility index (Phi) is 5.00. The van der Waals surface area contributed by atoms with E-state index in [-0.39, 0.29) is 11.8 Å². The van der Waals surface area contributed by atoms with Crippen LogP contribution in [-0.4, -0.2) is 47.0 Å². The molecular weight excluding hydrogens is 372 g/mol. The van der Waals surface area contributed by atoms with Gasteiger partial charge in [0.25, 0.3) is 5.91 Å².